The van der Waals surface area contributed by atoms with Gasteiger partial charge in [-0.3, -0.25) is 4.90 Å². The lowest BCUT2D eigenvalue weighted by Gasteiger charge is -2.26. The van der Waals surface area contributed by atoms with E-state index in [1.165, 1.54) is 0 Å². The number of hydrogen-bond acceptors (Lipinski definition) is 2. The van der Waals surface area contributed by atoms with Gasteiger partial charge >= 0.3 is 6.03 Å². The van der Waals surface area contributed by atoms with Gasteiger partial charge in [-0.15, -0.1) is 0 Å². The zero-order valence-corrected chi connectivity index (χ0v) is 16.4. The van der Waals surface area contributed by atoms with Gasteiger partial charge in [-0.25, -0.2) is 4.79 Å². The fraction of sp³-hybridized carbons (Fsp3) is 0.0909. The number of anilines is 1. The highest BCUT2D eigenvalue weighted by molar-refractivity contribution is 6.35. The lowest BCUT2D eigenvalue weighted by atomic mass is 10.0. The number of urea groups is 1. The Morgan fingerprint density at radius 2 is 1.50 bits per heavy atom. The molecule has 1 unspecified atom stereocenters. The maximum absolute atomic E-state index is 12.8. The molecule has 0 spiro atoms. The number of nitrogens with zero attached hydrogens (tertiary/aromatic N) is 2. The van der Waals surface area contributed by atoms with E-state index in [1.807, 2.05) is 60.7 Å². The van der Waals surface area contributed by atoms with Crippen LogP contribution in [-0.4, -0.2) is 11.9 Å². The summed E-state index contributed by atoms with van der Waals surface area (Å²) < 4.78 is 0. The molecule has 1 N–H and O–H groups in total. The molecule has 3 aromatic rings. The van der Waals surface area contributed by atoms with Crippen LogP contribution in [0.1, 0.15) is 17.2 Å². The number of amides is 2. The normalized spacial score (nSPS) is 16.2. The highest BCUT2D eigenvalue weighted by Gasteiger charge is 2.37. The van der Waals surface area contributed by atoms with Gasteiger partial charge in [-0.1, -0.05) is 83.9 Å². The van der Waals surface area contributed by atoms with E-state index in [0.29, 0.717) is 28.1 Å². The Morgan fingerprint density at radius 3 is 2.14 bits per heavy atom. The van der Waals surface area contributed by atoms with E-state index in [1.54, 1.807) is 23.1 Å². The molecule has 1 heterocycles. The van der Waals surface area contributed by atoms with Gasteiger partial charge in [0.05, 0.1) is 0 Å². The molecule has 0 aliphatic carbocycles. The van der Waals surface area contributed by atoms with Crippen molar-refractivity contribution >= 4 is 40.8 Å². The molecule has 6 heteroatoms. The van der Waals surface area contributed by atoms with E-state index in [9.17, 15) is 4.79 Å². The van der Waals surface area contributed by atoms with Crippen molar-refractivity contribution in [1.29, 1.82) is 0 Å². The molecule has 4 rings (SSSR count). The number of rotatable bonds is 4. The van der Waals surface area contributed by atoms with Crippen LogP contribution in [0.15, 0.2) is 83.9 Å². The second-order valence-electron chi connectivity index (χ2n) is 6.43. The maximum atomic E-state index is 12.8. The maximum Gasteiger partial charge on any atom is 0.350 e. The Morgan fingerprint density at radius 1 is 0.893 bits per heavy atom. The Kier molecular flexibility index (Phi) is 5.33. The molecule has 0 fully saturated rings. The minimum atomic E-state index is -0.382. The third kappa shape index (κ3) is 3.88. The molecule has 1 aliphatic rings. The molecular weight excluding hydrogens is 393 g/mol. The smallest absolute Gasteiger partial charge is 0.350 e. The topological polar surface area (TPSA) is 44.7 Å². The van der Waals surface area contributed by atoms with Crippen molar-refractivity contribution in [1.82, 2.24) is 5.32 Å². The SMILES string of the molecule is O=C1N=C(NCc2ccccc2)C(c2ccccc2)N1c1cc(Cl)cc(Cl)c1. The molecule has 140 valence electrons. The zero-order valence-electron chi connectivity index (χ0n) is 14.8. The van der Waals surface area contributed by atoms with E-state index in [2.05, 4.69) is 10.3 Å². The van der Waals surface area contributed by atoms with Crippen LogP contribution in [0.2, 0.25) is 10.0 Å². The van der Waals surface area contributed by atoms with E-state index in [0.717, 1.165) is 11.1 Å². The first-order chi connectivity index (χ1) is 13.6. The summed E-state index contributed by atoms with van der Waals surface area (Å²) in [5.74, 6) is 0.594. The summed E-state index contributed by atoms with van der Waals surface area (Å²) in [6.07, 6.45) is 0. The summed E-state index contributed by atoms with van der Waals surface area (Å²) in [6, 6.07) is 24.1. The van der Waals surface area contributed by atoms with Crippen LogP contribution >= 0.6 is 23.2 Å². The molecule has 0 radical (unpaired) electrons. The van der Waals surface area contributed by atoms with Gasteiger partial charge in [0, 0.05) is 22.3 Å². The summed E-state index contributed by atoms with van der Waals surface area (Å²) in [6.45, 7) is 0.570. The van der Waals surface area contributed by atoms with E-state index >= 15 is 0 Å². The van der Waals surface area contributed by atoms with Crippen LogP contribution in [0.5, 0.6) is 0 Å². The number of carbonyl (C=O) groups is 1. The molecule has 1 aliphatic heterocycles. The highest BCUT2D eigenvalue weighted by Crippen LogP contribution is 2.35. The second kappa shape index (κ2) is 8.05. The van der Waals surface area contributed by atoms with Gasteiger partial charge in [0.2, 0.25) is 0 Å². The predicted octanol–water partition coefficient (Wildman–Crippen LogP) is 5.86. The molecule has 2 amide bonds. The summed E-state index contributed by atoms with van der Waals surface area (Å²) in [7, 11) is 0. The average Bonchev–Trinajstić information content (AvgIpc) is 3.03. The highest BCUT2D eigenvalue weighted by atomic mass is 35.5. The van der Waals surface area contributed by atoms with Gasteiger partial charge in [0.1, 0.15) is 11.9 Å². The molecule has 0 saturated heterocycles. The molecule has 0 bridgehead atoms. The number of benzene rings is 3. The van der Waals surface area contributed by atoms with Crippen molar-refractivity contribution in [3.63, 3.8) is 0 Å². The van der Waals surface area contributed by atoms with E-state index in [4.69, 9.17) is 23.2 Å². The van der Waals surface area contributed by atoms with Crippen molar-refractivity contribution in [2.24, 2.45) is 4.99 Å². The Balaban J connectivity index is 1.69. The lowest BCUT2D eigenvalue weighted by molar-refractivity contribution is 0.255. The summed E-state index contributed by atoms with van der Waals surface area (Å²) in [5.41, 5.74) is 2.66. The van der Waals surface area contributed by atoms with Crippen LogP contribution < -0.4 is 10.2 Å². The van der Waals surface area contributed by atoms with Crippen molar-refractivity contribution in [2.45, 2.75) is 12.6 Å². The van der Waals surface area contributed by atoms with E-state index in [-0.39, 0.29) is 12.1 Å². The third-order valence-electron chi connectivity index (χ3n) is 4.50. The van der Waals surface area contributed by atoms with Gasteiger partial charge in [-0.2, -0.15) is 4.99 Å². The zero-order chi connectivity index (χ0) is 19.5. The number of halogens is 2. The average molecular weight is 410 g/mol. The van der Waals surface area contributed by atoms with Gasteiger partial charge in [0.15, 0.2) is 0 Å². The van der Waals surface area contributed by atoms with Gasteiger partial charge < -0.3 is 5.32 Å². The Labute approximate surface area is 173 Å². The summed E-state index contributed by atoms with van der Waals surface area (Å²) in [5, 5.41) is 4.26. The van der Waals surface area contributed by atoms with E-state index < -0.39 is 0 Å². The predicted molar refractivity (Wildman–Crippen MR) is 114 cm³/mol. The van der Waals surface area contributed by atoms with Crippen LogP contribution in [0.25, 0.3) is 0 Å². The molecular formula is C22H17Cl2N3O. The number of nitrogens with one attached hydrogen (secondary N) is 1. The molecule has 4 nitrogen and oxygen atoms in total. The third-order valence-corrected chi connectivity index (χ3v) is 4.93. The first-order valence-electron chi connectivity index (χ1n) is 8.82. The van der Waals surface area contributed by atoms with Gasteiger partial charge in [-0.05, 0) is 29.3 Å². The first kappa shape index (κ1) is 18.5. The fourth-order valence-corrected chi connectivity index (χ4v) is 3.77. The summed E-state index contributed by atoms with van der Waals surface area (Å²) >= 11 is 12.3. The monoisotopic (exact) mass is 409 g/mol. The molecule has 28 heavy (non-hydrogen) atoms. The van der Waals surface area contributed by atoms with Gasteiger partial charge in [0.25, 0.3) is 0 Å². The van der Waals surface area contributed by atoms with Crippen molar-refractivity contribution in [3.05, 3.63) is 100 Å². The minimum Gasteiger partial charge on any atom is -0.367 e. The van der Waals surface area contributed by atoms with Crippen LogP contribution in [0, 0.1) is 0 Å². The van der Waals surface area contributed by atoms with Crippen molar-refractivity contribution in [3.8, 4) is 0 Å². The van der Waals surface area contributed by atoms with Crippen LogP contribution in [0.4, 0.5) is 10.5 Å². The second-order valence-corrected chi connectivity index (χ2v) is 7.30. The lowest BCUT2D eigenvalue weighted by Crippen LogP contribution is -2.36. The molecule has 3 aromatic carbocycles. The number of carbonyl (C=O) groups excluding carboxylic acids is 1. The number of aliphatic imine (C=N–C) groups is 1. The number of hydrogen-bond donors (Lipinski definition) is 1. The molecule has 0 saturated carbocycles. The molecule has 0 aromatic heterocycles. The minimum absolute atomic E-state index is 0.359. The van der Waals surface area contributed by atoms with Crippen LogP contribution in [-0.2, 0) is 6.54 Å². The quantitative estimate of drug-likeness (QED) is 0.585. The standard InChI is InChI=1S/C22H17Cl2N3O/c23-17-11-18(24)13-19(12-17)27-20(16-9-5-2-6-10-16)21(26-22(27)28)25-14-15-7-3-1-4-8-15/h1-13,20H,14H2,(H,25,26,28). The largest absolute Gasteiger partial charge is 0.367 e. The molecule has 1 atom stereocenters. The summed E-state index contributed by atoms with van der Waals surface area (Å²) in [4.78, 5) is 18.7. The fourth-order valence-electron chi connectivity index (χ4n) is 3.26. The number of amidine groups is 1. The Bertz CT molecular complexity index is 1000. The Hall–Kier alpha value is -2.82. The van der Waals surface area contributed by atoms with Crippen LogP contribution in [0.3, 0.4) is 0 Å². The van der Waals surface area contributed by atoms with Crippen molar-refractivity contribution in [2.75, 3.05) is 4.90 Å². The first-order valence-corrected chi connectivity index (χ1v) is 9.58. The van der Waals surface area contributed by atoms with Crippen molar-refractivity contribution < 1.29 is 4.79 Å².